The third-order valence-corrected chi connectivity index (χ3v) is 4.04. The molecule has 1 fully saturated rings. The van der Waals surface area contributed by atoms with Crippen LogP contribution >= 0.6 is 0 Å². The fourth-order valence-electron chi connectivity index (χ4n) is 2.81. The van der Waals surface area contributed by atoms with Gasteiger partial charge in [-0.3, -0.25) is 4.79 Å². The van der Waals surface area contributed by atoms with Crippen LogP contribution in [0.5, 0.6) is 0 Å². The molecule has 136 valence electrons. The van der Waals surface area contributed by atoms with Gasteiger partial charge in [-0.05, 0) is 39.3 Å². The zero-order valence-corrected chi connectivity index (χ0v) is 15.0. The van der Waals surface area contributed by atoms with E-state index in [1.165, 1.54) is 0 Å². The third kappa shape index (κ3) is 3.94. The third-order valence-electron chi connectivity index (χ3n) is 4.04. The predicted octanol–water partition coefficient (Wildman–Crippen LogP) is 2.40. The second kappa shape index (κ2) is 6.67. The quantitative estimate of drug-likeness (QED) is 0.892. The Labute approximate surface area is 151 Å². The smallest absolute Gasteiger partial charge is 0.410 e. The summed E-state index contributed by atoms with van der Waals surface area (Å²) in [6.45, 7) is 6.25. The van der Waals surface area contributed by atoms with Crippen molar-refractivity contribution in [2.45, 2.75) is 32.8 Å². The first-order valence-electron chi connectivity index (χ1n) is 8.43. The molecule has 0 bridgehead atoms. The number of pyridine rings is 1. The van der Waals surface area contributed by atoms with Gasteiger partial charge in [0.05, 0.1) is 17.7 Å². The molecule has 1 saturated heterocycles. The number of ether oxygens (including phenoxy) is 1. The molecule has 8 nitrogen and oxygen atoms in total. The number of carbonyl (C=O) groups is 2. The van der Waals surface area contributed by atoms with E-state index >= 15 is 0 Å². The highest BCUT2D eigenvalue weighted by Crippen LogP contribution is 2.21. The summed E-state index contributed by atoms with van der Waals surface area (Å²) in [4.78, 5) is 30.4. The number of nitrogens with one attached hydrogen (secondary N) is 1. The van der Waals surface area contributed by atoms with Gasteiger partial charge in [0.15, 0.2) is 5.82 Å². The van der Waals surface area contributed by atoms with Crippen LogP contribution in [-0.4, -0.2) is 45.0 Å². The van der Waals surface area contributed by atoms with Gasteiger partial charge in [-0.2, -0.15) is 5.26 Å². The van der Waals surface area contributed by atoms with Crippen LogP contribution in [0.15, 0.2) is 24.5 Å². The summed E-state index contributed by atoms with van der Waals surface area (Å²) in [5.74, 6) is -0.0669. The van der Waals surface area contributed by atoms with Gasteiger partial charge in [0.25, 0.3) is 0 Å². The number of aromatic nitrogens is 2. The second-order valence-corrected chi connectivity index (χ2v) is 7.32. The molecular formula is C18H21N5O3. The molecule has 3 rings (SSSR count). The van der Waals surface area contributed by atoms with Crippen LogP contribution in [0, 0.1) is 17.2 Å². The molecule has 0 unspecified atom stereocenters. The number of hydrogen-bond donors (Lipinski definition) is 1. The summed E-state index contributed by atoms with van der Waals surface area (Å²) >= 11 is 0. The van der Waals surface area contributed by atoms with Crippen LogP contribution in [0.25, 0.3) is 5.65 Å². The maximum absolute atomic E-state index is 12.5. The van der Waals surface area contributed by atoms with E-state index in [2.05, 4.69) is 16.4 Å². The SMILES string of the molecule is CC(C)(C)OC(=O)N1CC[C@H](C(=O)Nc2cn3cc(C#N)ccc3n2)C1. The highest BCUT2D eigenvalue weighted by molar-refractivity contribution is 5.92. The predicted molar refractivity (Wildman–Crippen MR) is 94.5 cm³/mol. The molecule has 0 aliphatic carbocycles. The van der Waals surface area contributed by atoms with Gasteiger partial charge >= 0.3 is 6.09 Å². The number of hydrogen-bond acceptors (Lipinski definition) is 5. The zero-order valence-electron chi connectivity index (χ0n) is 15.0. The van der Waals surface area contributed by atoms with E-state index in [4.69, 9.17) is 10.00 Å². The standard InChI is InChI=1S/C18H21N5O3/c1-18(2,3)26-17(25)22-7-6-13(10-22)16(24)21-14-11-23-9-12(8-19)4-5-15(23)20-14/h4-5,9,11,13H,6-7,10H2,1-3H3,(H,21,24)/t13-/m0/s1. The van der Waals surface area contributed by atoms with Gasteiger partial charge in [-0.1, -0.05) is 0 Å². The highest BCUT2D eigenvalue weighted by atomic mass is 16.6. The van der Waals surface area contributed by atoms with Gasteiger partial charge in [0.2, 0.25) is 5.91 Å². The molecular weight excluding hydrogens is 334 g/mol. The Kier molecular flexibility index (Phi) is 4.55. The second-order valence-electron chi connectivity index (χ2n) is 7.32. The number of imidazole rings is 1. The van der Waals surface area contributed by atoms with E-state index in [0.29, 0.717) is 36.5 Å². The van der Waals surface area contributed by atoms with Gasteiger partial charge < -0.3 is 19.4 Å². The number of carbonyl (C=O) groups excluding carboxylic acids is 2. The number of nitriles is 1. The molecule has 2 amide bonds. The minimum atomic E-state index is -0.559. The lowest BCUT2D eigenvalue weighted by molar-refractivity contribution is -0.119. The fourth-order valence-corrected chi connectivity index (χ4v) is 2.81. The molecule has 0 aromatic carbocycles. The molecule has 1 N–H and O–H groups in total. The Balaban J connectivity index is 1.62. The lowest BCUT2D eigenvalue weighted by atomic mass is 10.1. The number of anilines is 1. The topological polar surface area (TPSA) is 99.7 Å². The van der Waals surface area contributed by atoms with Gasteiger partial charge in [-0.15, -0.1) is 0 Å². The maximum Gasteiger partial charge on any atom is 0.410 e. The van der Waals surface area contributed by atoms with Gasteiger partial charge in [0.1, 0.15) is 17.3 Å². The van der Waals surface area contributed by atoms with Crippen molar-refractivity contribution in [3.8, 4) is 6.07 Å². The average Bonchev–Trinajstić information content (AvgIpc) is 3.19. The van der Waals surface area contributed by atoms with Crippen LogP contribution in [0.1, 0.15) is 32.8 Å². The van der Waals surface area contributed by atoms with Crippen molar-refractivity contribution in [2.24, 2.45) is 5.92 Å². The Bertz CT molecular complexity index is 890. The maximum atomic E-state index is 12.5. The summed E-state index contributed by atoms with van der Waals surface area (Å²) < 4.78 is 7.03. The monoisotopic (exact) mass is 355 g/mol. The number of amides is 2. The first-order valence-corrected chi connectivity index (χ1v) is 8.43. The molecule has 0 saturated carbocycles. The van der Waals surface area contributed by atoms with Crippen molar-refractivity contribution >= 4 is 23.5 Å². The van der Waals surface area contributed by atoms with E-state index in [1.54, 1.807) is 33.8 Å². The van der Waals surface area contributed by atoms with Crippen molar-refractivity contribution in [1.82, 2.24) is 14.3 Å². The largest absolute Gasteiger partial charge is 0.444 e. The van der Waals surface area contributed by atoms with Crippen molar-refractivity contribution in [3.63, 3.8) is 0 Å². The summed E-state index contributed by atoms with van der Waals surface area (Å²) in [5, 5.41) is 11.7. The molecule has 0 radical (unpaired) electrons. The van der Waals surface area contributed by atoms with Crippen LogP contribution in [0.4, 0.5) is 10.6 Å². The number of fused-ring (bicyclic) bond motifs is 1. The Morgan fingerprint density at radius 3 is 2.81 bits per heavy atom. The van der Waals surface area contributed by atoms with Crippen molar-refractivity contribution in [3.05, 3.63) is 30.1 Å². The van der Waals surface area contributed by atoms with Crippen LogP contribution in [0.2, 0.25) is 0 Å². The van der Waals surface area contributed by atoms with E-state index in [-0.39, 0.29) is 11.8 Å². The van der Waals surface area contributed by atoms with Gasteiger partial charge in [-0.25, -0.2) is 9.78 Å². The molecule has 2 aromatic rings. The van der Waals surface area contributed by atoms with E-state index < -0.39 is 11.7 Å². The van der Waals surface area contributed by atoms with E-state index in [1.807, 2.05) is 20.8 Å². The van der Waals surface area contributed by atoms with Crippen LogP contribution in [-0.2, 0) is 9.53 Å². The summed E-state index contributed by atoms with van der Waals surface area (Å²) in [6.07, 6.45) is 3.49. The molecule has 0 spiro atoms. The Morgan fingerprint density at radius 1 is 1.35 bits per heavy atom. The average molecular weight is 355 g/mol. The molecule has 1 aliphatic rings. The molecule has 8 heteroatoms. The van der Waals surface area contributed by atoms with Gasteiger partial charge in [0, 0.05) is 19.3 Å². The van der Waals surface area contributed by atoms with E-state index in [0.717, 1.165) is 0 Å². The van der Waals surface area contributed by atoms with Crippen LogP contribution < -0.4 is 5.32 Å². The minimum Gasteiger partial charge on any atom is -0.444 e. The van der Waals surface area contributed by atoms with Crippen molar-refractivity contribution in [1.29, 1.82) is 5.26 Å². The zero-order chi connectivity index (χ0) is 18.9. The molecule has 26 heavy (non-hydrogen) atoms. The Hall–Kier alpha value is -3.08. The van der Waals surface area contributed by atoms with Crippen molar-refractivity contribution in [2.75, 3.05) is 18.4 Å². The number of likely N-dealkylation sites (tertiary alicyclic amines) is 1. The Morgan fingerprint density at radius 2 is 2.12 bits per heavy atom. The molecule has 1 atom stereocenters. The lowest BCUT2D eigenvalue weighted by Gasteiger charge is -2.24. The summed E-state index contributed by atoms with van der Waals surface area (Å²) in [6, 6.07) is 5.45. The molecule has 3 heterocycles. The van der Waals surface area contributed by atoms with Crippen molar-refractivity contribution < 1.29 is 14.3 Å². The molecule has 1 aliphatic heterocycles. The molecule has 2 aromatic heterocycles. The minimum absolute atomic E-state index is 0.181. The highest BCUT2D eigenvalue weighted by Gasteiger charge is 2.33. The summed E-state index contributed by atoms with van der Waals surface area (Å²) in [5.41, 5.74) is 0.591. The fraction of sp³-hybridized carbons (Fsp3) is 0.444. The van der Waals surface area contributed by atoms with Crippen LogP contribution in [0.3, 0.4) is 0 Å². The lowest BCUT2D eigenvalue weighted by Crippen LogP contribution is -2.36. The normalized spacial score (nSPS) is 17.2. The number of nitrogens with zero attached hydrogens (tertiary/aromatic N) is 4. The number of rotatable bonds is 2. The summed E-state index contributed by atoms with van der Waals surface area (Å²) in [7, 11) is 0. The first kappa shape index (κ1) is 17.7. The van der Waals surface area contributed by atoms with E-state index in [9.17, 15) is 9.59 Å². The first-order chi connectivity index (χ1) is 12.2.